The van der Waals surface area contributed by atoms with Crippen LogP contribution in [0.5, 0.6) is 0 Å². The fraction of sp³-hybridized carbons (Fsp3) is 0.364. The Labute approximate surface area is 439 Å². The summed E-state index contributed by atoms with van der Waals surface area (Å²) in [6, 6.07) is 21.1. The number of nitrogens with one attached hydrogen (secondary N) is 5. The van der Waals surface area contributed by atoms with Crippen LogP contribution in [0.2, 0.25) is 0 Å². The Morgan fingerprint density at radius 3 is 2.45 bits per heavy atom. The zero-order chi connectivity index (χ0) is 53.7. The van der Waals surface area contributed by atoms with E-state index >= 15 is 0 Å². The number of nitrogens with two attached hydrogens (primary N) is 1. The number of hydrogen-bond donors (Lipinski definition) is 6. The summed E-state index contributed by atoms with van der Waals surface area (Å²) in [6.07, 6.45) is 8.30. The minimum Gasteiger partial charge on any atom is -0.445 e. The molecule has 0 spiro atoms. The number of hydrogen-bond acceptors (Lipinski definition) is 13. The number of rotatable bonds is 24. The Balaban J connectivity index is 0.835. The number of amides is 7. The van der Waals surface area contributed by atoms with Gasteiger partial charge in [-0.3, -0.25) is 33.9 Å². The van der Waals surface area contributed by atoms with E-state index in [9.17, 15) is 33.6 Å². The van der Waals surface area contributed by atoms with Crippen LogP contribution in [0.25, 0.3) is 28.3 Å². The van der Waals surface area contributed by atoms with Crippen molar-refractivity contribution in [2.24, 2.45) is 17.6 Å². The van der Waals surface area contributed by atoms with Gasteiger partial charge in [-0.15, -0.1) is 0 Å². The lowest BCUT2D eigenvalue weighted by Crippen LogP contribution is -2.45. The molecule has 21 heteroatoms. The number of H-pyrrole nitrogens is 1. The third kappa shape index (κ3) is 13.9. The lowest BCUT2D eigenvalue weighted by Gasteiger charge is -2.30. The summed E-state index contributed by atoms with van der Waals surface area (Å²) in [7, 11) is 0. The third-order valence-electron chi connectivity index (χ3n) is 13.4. The molecule has 2 aliphatic heterocycles. The number of aromatic amines is 1. The van der Waals surface area contributed by atoms with E-state index in [1.165, 1.54) is 18.5 Å². The predicted molar refractivity (Wildman–Crippen MR) is 283 cm³/mol. The number of fused-ring (bicyclic) bond motifs is 2. The Morgan fingerprint density at radius 1 is 0.895 bits per heavy atom. The van der Waals surface area contributed by atoms with E-state index in [4.69, 9.17) is 20.4 Å². The summed E-state index contributed by atoms with van der Waals surface area (Å²) in [5, 5.41) is 16.1. The van der Waals surface area contributed by atoms with Gasteiger partial charge in [0.15, 0.2) is 11.4 Å². The molecule has 0 fully saturated rings. The molecular formula is C55H63N13O8. The Morgan fingerprint density at radius 2 is 1.68 bits per heavy atom. The standard InChI is InChI=1S/C55H63N13O8/c1-34(2)50(65-47(70)15-5-4-6-26-67-48(71)22-23-49(67)72)44(69)28-38(12-9-25-57-54(56)74)53(73)62-40-19-16-36(17-20-40)32-76-55(75)66-27-24-37-11-8-13-42(41(37)31-66)58-29-45-63-51(39-18-21-46-59-33-60-68(46)30-39)52(64-45)43-14-7-10-35(3)61-43/h7-8,10-11,13-14,16-23,30,33-34,38,50,58H,4-6,9,12,15,24-29,31-32H2,1-3H3,(H,62,73)(H,63,64)(H,65,70)(H3,56,57,74)/t38-,50+/m1/s1. The van der Waals surface area contributed by atoms with Crippen molar-refractivity contribution < 1.29 is 38.3 Å². The molecule has 0 radical (unpaired) electrons. The number of primary amides is 1. The van der Waals surface area contributed by atoms with Crippen LogP contribution in [0.3, 0.4) is 0 Å². The first kappa shape index (κ1) is 53.5. The molecule has 6 heterocycles. The Kier molecular flexibility index (Phi) is 17.6. The second-order valence-corrected chi connectivity index (χ2v) is 19.3. The predicted octanol–water partition coefficient (Wildman–Crippen LogP) is 6.39. The van der Waals surface area contributed by atoms with E-state index in [1.807, 2.05) is 69.4 Å². The van der Waals surface area contributed by atoms with Crippen LogP contribution in [0.15, 0.2) is 97.5 Å². The van der Waals surface area contributed by atoms with Crippen molar-refractivity contribution in [1.82, 2.24) is 50.0 Å². The number of anilines is 2. The van der Waals surface area contributed by atoms with Gasteiger partial charge >= 0.3 is 12.1 Å². The highest BCUT2D eigenvalue weighted by atomic mass is 16.6. The van der Waals surface area contributed by atoms with E-state index < -0.39 is 30.0 Å². The summed E-state index contributed by atoms with van der Waals surface area (Å²) in [4.78, 5) is 109. The van der Waals surface area contributed by atoms with Crippen LogP contribution >= 0.6 is 0 Å². The molecule has 2 atom stereocenters. The first-order chi connectivity index (χ1) is 36.7. The molecule has 76 heavy (non-hydrogen) atoms. The van der Waals surface area contributed by atoms with E-state index in [0.29, 0.717) is 68.8 Å². The van der Waals surface area contributed by atoms with Gasteiger partial charge in [-0.25, -0.2) is 24.1 Å². The van der Waals surface area contributed by atoms with Crippen LogP contribution in [0.4, 0.5) is 21.0 Å². The molecule has 2 aliphatic rings. The van der Waals surface area contributed by atoms with Gasteiger partial charge < -0.3 is 41.6 Å². The normalized spacial score (nSPS) is 13.9. The van der Waals surface area contributed by atoms with Gasteiger partial charge in [-0.1, -0.05) is 50.6 Å². The highest BCUT2D eigenvalue weighted by molar-refractivity contribution is 6.12. The van der Waals surface area contributed by atoms with Crippen LogP contribution in [-0.4, -0.2) is 107 Å². The van der Waals surface area contributed by atoms with Gasteiger partial charge in [0.25, 0.3) is 11.8 Å². The highest BCUT2D eigenvalue weighted by Gasteiger charge is 2.30. The van der Waals surface area contributed by atoms with Crippen LogP contribution in [-0.2, 0) is 54.8 Å². The maximum atomic E-state index is 13.8. The maximum absolute atomic E-state index is 13.8. The minimum atomic E-state index is -0.842. The van der Waals surface area contributed by atoms with Crippen LogP contribution in [0, 0.1) is 18.8 Å². The molecule has 6 aromatic rings. The monoisotopic (exact) mass is 1030 g/mol. The first-order valence-electron chi connectivity index (χ1n) is 25.6. The van der Waals surface area contributed by atoms with Crippen molar-refractivity contribution in [2.45, 2.75) is 97.9 Å². The molecule has 21 nitrogen and oxygen atoms in total. The second-order valence-electron chi connectivity index (χ2n) is 19.3. The number of pyridine rings is 2. The summed E-state index contributed by atoms with van der Waals surface area (Å²) >= 11 is 0. The van der Waals surface area contributed by atoms with Crippen molar-refractivity contribution in [3.63, 3.8) is 0 Å². The number of imide groups is 1. The van der Waals surface area contributed by atoms with Gasteiger partial charge in [0.2, 0.25) is 11.8 Å². The zero-order valence-electron chi connectivity index (χ0n) is 42.8. The minimum absolute atomic E-state index is 0.0102. The molecule has 7 amide bonds. The molecule has 2 aromatic carbocycles. The number of aryl methyl sites for hydroxylation is 1. The fourth-order valence-corrected chi connectivity index (χ4v) is 9.29. The van der Waals surface area contributed by atoms with Crippen molar-refractivity contribution in [3.05, 3.63) is 126 Å². The Bertz CT molecular complexity index is 3110. The maximum Gasteiger partial charge on any atom is 0.410 e. The highest BCUT2D eigenvalue weighted by Crippen LogP contribution is 2.32. The lowest BCUT2D eigenvalue weighted by molar-refractivity contribution is -0.137. The van der Waals surface area contributed by atoms with E-state index in [0.717, 1.165) is 55.7 Å². The topological polar surface area (TPSA) is 281 Å². The number of carbonyl (C=O) groups is 7. The number of ether oxygens (including phenoxy) is 1. The number of benzene rings is 2. The molecule has 0 saturated heterocycles. The van der Waals surface area contributed by atoms with Gasteiger partial charge in [0.1, 0.15) is 18.8 Å². The summed E-state index contributed by atoms with van der Waals surface area (Å²) in [6.45, 7) is 7.22. The molecule has 0 aliphatic carbocycles. The number of unbranched alkanes of at least 4 members (excludes halogenated alkanes) is 2. The largest absolute Gasteiger partial charge is 0.445 e. The fourth-order valence-electron chi connectivity index (χ4n) is 9.29. The van der Waals surface area contributed by atoms with Gasteiger partial charge in [0, 0.05) is 79.4 Å². The molecular weight excluding hydrogens is 971 g/mol. The molecule has 8 rings (SSSR count). The number of nitrogens with zero attached hydrogens (tertiary/aromatic N) is 7. The Hall–Kier alpha value is -8.75. The average molecular weight is 1030 g/mol. The SMILES string of the molecule is Cc1cccc(-c2[nH]c(CNc3cccc4c3CN(C(=O)OCc3ccc(NC(=O)[C@H](CCCNC(N)=O)CC(=O)[C@@H](NC(=O)CCCCCN5C(=O)C=CC5=O)C(C)C)cc3)CC4)nc2-c2ccc3ncnn3c2)n1. The van der Waals surface area contributed by atoms with Crippen molar-refractivity contribution in [2.75, 3.05) is 30.3 Å². The summed E-state index contributed by atoms with van der Waals surface area (Å²) in [5.41, 5.74) is 14.1. The molecule has 4 aromatic heterocycles. The summed E-state index contributed by atoms with van der Waals surface area (Å²) in [5.74, 6) is -2.09. The van der Waals surface area contributed by atoms with Crippen LogP contribution in [0.1, 0.15) is 87.0 Å². The third-order valence-corrected chi connectivity index (χ3v) is 13.4. The zero-order valence-corrected chi connectivity index (χ0v) is 42.8. The lowest BCUT2D eigenvalue weighted by atomic mass is 9.89. The van der Waals surface area contributed by atoms with Gasteiger partial charge in [-0.2, -0.15) is 5.10 Å². The number of aromatic nitrogens is 6. The van der Waals surface area contributed by atoms with Gasteiger partial charge in [-0.05, 0) is 104 Å². The van der Waals surface area contributed by atoms with Crippen molar-refractivity contribution >= 4 is 58.6 Å². The molecule has 396 valence electrons. The number of carbonyl (C=O) groups excluding carboxylic acids is 7. The number of ketones is 1. The number of imidazole rings is 1. The van der Waals surface area contributed by atoms with E-state index in [2.05, 4.69) is 42.4 Å². The quantitative estimate of drug-likeness (QED) is 0.0284. The van der Waals surface area contributed by atoms with Crippen LogP contribution < -0.4 is 27.0 Å². The molecule has 7 N–H and O–H groups in total. The van der Waals surface area contributed by atoms with Crippen molar-refractivity contribution in [3.8, 4) is 22.6 Å². The van der Waals surface area contributed by atoms with Gasteiger partial charge in [0.05, 0.1) is 36.2 Å². The summed E-state index contributed by atoms with van der Waals surface area (Å²) < 4.78 is 7.51. The molecule has 0 bridgehead atoms. The molecule has 0 unspecified atom stereocenters. The van der Waals surface area contributed by atoms with E-state index in [-0.39, 0.29) is 68.4 Å². The number of Topliss-reactive ketones (excluding diaryl/α,β-unsaturated/α-hetero) is 1. The first-order valence-corrected chi connectivity index (χ1v) is 25.6. The smallest absolute Gasteiger partial charge is 0.410 e. The number of urea groups is 1. The second kappa shape index (κ2) is 25.0. The molecule has 0 saturated carbocycles. The average Bonchev–Trinajstić information content (AvgIpc) is 4.15. The van der Waals surface area contributed by atoms with Crippen molar-refractivity contribution in [1.29, 1.82) is 0 Å². The van der Waals surface area contributed by atoms with E-state index in [1.54, 1.807) is 33.7 Å².